The predicted molar refractivity (Wildman–Crippen MR) is 93.8 cm³/mol. The highest BCUT2D eigenvalue weighted by molar-refractivity contribution is 6.17. The fourth-order valence-electron chi connectivity index (χ4n) is 3.49. The third-order valence-corrected chi connectivity index (χ3v) is 5.13. The molecule has 1 aliphatic heterocycles. The third-order valence-electron chi connectivity index (χ3n) is 5.13. The van der Waals surface area contributed by atoms with Crippen molar-refractivity contribution < 1.29 is 18.4 Å². The second kappa shape index (κ2) is 6.20. The summed E-state index contributed by atoms with van der Waals surface area (Å²) in [6.07, 6.45) is 2.68. The minimum absolute atomic E-state index is 0.145. The van der Waals surface area contributed by atoms with E-state index in [2.05, 4.69) is 5.32 Å². The average Bonchev–Trinajstić information content (AvgIpc) is 3.46. The van der Waals surface area contributed by atoms with Gasteiger partial charge in [0.25, 0.3) is 0 Å². The summed E-state index contributed by atoms with van der Waals surface area (Å²) < 4.78 is 26.4. The maximum Gasteiger partial charge on any atom is 0.242 e. The quantitative estimate of drug-likeness (QED) is 0.854. The third kappa shape index (κ3) is 2.75. The van der Waals surface area contributed by atoms with Crippen LogP contribution in [0.15, 0.2) is 42.5 Å². The molecule has 4 nitrogen and oxygen atoms in total. The molecule has 1 N–H and O–H groups in total. The summed E-state index contributed by atoms with van der Waals surface area (Å²) in [6, 6.07) is 10.9. The highest BCUT2D eigenvalue weighted by atomic mass is 19.2. The largest absolute Gasteiger partial charge is 0.325 e. The second-order valence-corrected chi connectivity index (χ2v) is 6.85. The van der Waals surface area contributed by atoms with Crippen LogP contribution in [0.4, 0.5) is 20.2 Å². The Kier molecular flexibility index (Phi) is 3.98. The summed E-state index contributed by atoms with van der Waals surface area (Å²) in [6.45, 7) is 0.579. The predicted octanol–water partition coefficient (Wildman–Crippen LogP) is 3.66. The van der Waals surface area contributed by atoms with Gasteiger partial charge in [-0.25, -0.2) is 8.78 Å². The van der Waals surface area contributed by atoms with Crippen LogP contribution in [0.3, 0.4) is 0 Å². The number of hydrogen-bond donors (Lipinski definition) is 1. The number of benzene rings is 2. The normalized spacial score (nSPS) is 17.4. The van der Waals surface area contributed by atoms with Crippen LogP contribution in [-0.2, 0) is 16.0 Å². The molecule has 4 rings (SSSR count). The van der Waals surface area contributed by atoms with Gasteiger partial charge in [-0.05, 0) is 49.4 Å². The highest BCUT2D eigenvalue weighted by Crippen LogP contribution is 2.49. The van der Waals surface area contributed by atoms with Gasteiger partial charge >= 0.3 is 0 Å². The Morgan fingerprint density at radius 3 is 2.54 bits per heavy atom. The van der Waals surface area contributed by atoms with E-state index in [4.69, 9.17) is 0 Å². The van der Waals surface area contributed by atoms with Crippen molar-refractivity contribution in [1.82, 2.24) is 0 Å². The molecule has 0 unspecified atom stereocenters. The van der Waals surface area contributed by atoms with Crippen LogP contribution in [-0.4, -0.2) is 18.4 Å². The van der Waals surface area contributed by atoms with Crippen LogP contribution in [0.5, 0.6) is 0 Å². The smallest absolute Gasteiger partial charge is 0.242 e. The lowest BCUT2D eigenvalue weighted by atomic mass is 9.97. The number of anilines is 2. The number of nitrogens with zero attached hydrogens (tertiary/aromatic N) is 1. The van der Waals surface area contributed by atoms with Gasteiger partial charge < -0.3 is 10.2 Å². The van der Waals surface area contributed by atoms with Crippen molar-refractivity contribution in [2.75, 3.05) is 16.8 Å². The van der Waals surface area contributed by atoms with Crippen LogP contribution >= 0.6 is 0 Å². The van der Waals surface area contributed by atoms with E-state index in [0.29, 0.717) is 19.4 Å². The van der Waals surface area contributed by atoms with Crippen LogP contribution in [0.1, 0.15) is 24.8 Å². The first kappa shape index (κ1) is 16.7. The lowest BCUT2D eigenvalue weighted by Gasteiger charge is -2.32. The van der Waals surface area contributed by atoms with Gasteiger partial charge in [-0.1, -0.05) is 18.2 Å². The Morgan fingerprint density at radius 2 is 1.81 bits per heavy atom. The Balaban J connectivity index is 1.56. The molecule has 2 amide bonds. The molecule has 1 saturated carbocycles. The molecule has 2 aliphatic rings. The van der Waals surface area contributed by atoms with Crippen molar-refractivity contribution in [2.24, 2.45) is 5.41 Å². The number of carbonyl (C=O) groups excluding carboxylic acids is 2. The van der Waals surface area contributed by atoms with Gasteiger partial charge in [-0.2, -0.15) is 0 Å². The van der Waals surface area contributed by atoms with Gasteiger partial charge in [0.2, 0.25) is 11.8 Å². The van der Waals surface area contributed by atoms with Gasteiger partial charge in [0, 0.05) is 24.0 Å². The Morgan fingerprint density at radius 1 is 1.04 bits per heavy atom. The summed E-state index contributed by atoms with van der Waals surface area (Å²) in [5, 5.41) is 2.56. The Labute approximate surface area is 149 Å². The Bertz CT molecular complexity index is 893. The zero-order valence-electron chi connectivity index (χ0n) is 14.1. The van der Waals surface area contributed by atoms with Gasteiger partial charge in [0.1, 0.15) is 5.41 Å². The van der Waals surface area contributed by atoms with E-state index in [0.717, 1.165) is 36.2 Å². The molecule has 6 heteroatoms. The maximum atomic E-state index is 13.4. The van der Waals surface area contributed by atoms with Crippen molar-refractivity contribution in [2.45, 2.75) is 25.7 Å². The van der Waals surface area contributed by atoms with Crippen LogP contribution in [0.2, 0.25) is 0 Å². The van der Waals surface area contributed by atoms with Crippen LogP contribution < -0.4 is 10.2 Å². The molecule has 0 atom stereocenters. The van der Waals surface area contributed by atoms with Crippen molar-refractivity contribution in [1.29, 1.82) is 0 Å². The zero-order valence-corrected chi connectivity index (χ0v) is 14.1. The van der Waals surface area contributed by atoms with Crippen molar-refractivity contribution >= 4 is 23.2 Å². The van der Waals surface area contributed by atoms with E-state index >= 15 is 0 Å². The SMILES string of the molecule is O=C(Nc1ccc(F)c(F)c1)C1(C(=O)N2CCCc3ccccc32)CC1. The van der Waals surface area contributed by atoms with E-state index in [-0.39, 0.29) is 11.6 Å². The molecule has 0 saturated heterocycles. The molecule has 1 aliphatic carbocycles. The lowest BCUT2D eigenvalue weighted by molar-refractivity contribution is -0.132. The van der Waals surface area contributed by atoms with Crippen LogP contribution in [0.25, 0.3) is 0 Å². The fourth-order valence-corrected chi connectivity index (χ4v) is 3.49. The topological polar surface area (TPSA) is 49.4 Å². The summed E-state index contributed by atoms with van der Waals surface area (Å²) >= 11 is 0. The molecule has 2 aromatic rings. The average molecular weight is 356 g/mol. The zero-order chi connectivity index (χ0) is 18.3. The number of carbonyl (C=O) groups is 2. The first-order valence-corrected chi connectivity index (χ1v) is 8.68. The summed E-state index contributed by atoms with van der Waals surface area (Å²) in [5.41, 5.74) is 0.988. The molecule has 2 aromatic carbocycles. The lowest BCUT2D eigenvalue weighted by Crippen LogP contribution is -2.45. The van der Waals surface area contributed by atoms with E-state index < -0.39 is 23.0 Å². The number of aryl methyl sites for hydroxylation is 1. The molecular formula is C20H18F2N2O2. The van der Waals surface area contributed by atoms with Crippen molar-refractivity contribution in [3.8, 4) is 0 Å². The van der Waals surface area contributed by atoms with Gasteiger partial charge in [-0.15, -0.1) is 0 Å². The van der Waals surface area contributed by atoms with Gasteiger partial charge in [0.15, 0.2) is 11.6 Å². The maximum absolute atomic E-state index is 13.4. The molecular weight excluding hydrogens is 338 g/mol. The van der Waals surface area contributed by atoms with Crippen molar-refractivity contribution in [3.05, 3.63) is 59.7 Å². The molecule has 0 radical (unpaired) electrons. The Hall–Kier alpha value is -2.76. The summed E-state index contributed by atoms with van der Waals surface area (Å²) in [4.78, 5) is 27.5. The van der Waals surface area contributed by atoms with Crippen molar-refractivity contribution in [3.63, 3.8) is 0 Å². The monoisotopic (exact) mass is 356 g/mol. The number of hydrogen-bond acceptors (Lipinski definition) is 2. The molecule has 134 valence electrons. The molecule has 0 bridgehead atoms. The minimum atomic E-state index is -1.12. The van der Waals surface area contributed by atoms with E-state index in [1.807, 2.05) is 24.3 Å². The second-order valence-electron chi connectivity index (χ2n) is 6.85. The number of nitrogens with one attached hydrogen (secondary N) is 1. The highest BCUT2D eigenvalue weighted by Gasteiger charge is 2.58. The minimum Gasteiger partial charge on any atom is -0.325 e. The molecule has 26 heavy (non-hydrogen) atoms. The summed E-state index contributed by atoms with van der Waals surface area (Å²) in [7, 11) is 0. The first-order chi connectivity index (χ1) is 12.5. The molecule has 0 spiro atoms. The van der Waals surface area contributed by atoms with E-state index in [9.17, 15) is 18.4 Å². The fraction of sp³-hybridized carbons (Fsp3) is 0.300. The van der Waals surface area contributed by atoms with Crippen LogP contribution in [0, 0.1) is 17.0 Å². The van der Waals surface area contributed by atoms with Gasteiger partial charge in [-0.3, -0.25) is 9.59 Å². The van der Waals surface area contributed by atoms with Gasteiger partial charge in [0.05, 0.1) is 0 Å². The number of halogens is 2. The van der Waals surface area contributed by atoms with E-state index in [1.165, 1.54) is 6.07 Å². The standard InChI is InChI=1S/C20H18F2N2O2/c21-15-8-7-14(12-16(15)22)23-18(25)20(9-10-20)19(26)24-11-3-5-13-4-1-2-6-17(13)24/h1-2,4,6-8,12H,3,5,9-11H2,(H,23,25). The number of fused-ring (bicyclic) bond motifs is 1. The first-order valence-electron chi connectivity index (χ1n) is 8.68. The molecule has 0 aromatic heterocycles. The molecule has 1 fully saturated rings. The number of amides is 2. The summed E-state index contributed by atoms with van der Waals surface area (Å²) in [5.74, 6) is -2.70. The molecule has 1 heterocycles. The number of para-hydroxylation sites is 1. The van der Waals surface area contributed by atoms with E-state index in [1.54, 1.807) is 4.90 Å². The number of rotatable bonds is 3.